The van der Waals surface area contributed by atoms with Crippen LogP contribution in [0.1, 0.15) is 16.7 Å². The van der Waals surface area contributed by atoms with E-state index in [1.165, 1.54) is 61.9 Å². The van der Waals surface area contributed by atoms with Crippen LogP contribution in [0.2, 0.25) is 0 Å². The van der Waals surface area contributed by atoms with Gasteiger partial charge in [-0.05, 0) is 48.4 Å². The van der Waals surface area contributed by atoms with Crippen molar-refractivity contribution in [2.45, 2.75) is 18.9 Å². The Bertz CT molecular complexity index is 1190. The first-order valence-corrected chi connectivity index (χ1v) is 9.19. The third kappa shape index (κ3) is 4.20. The number of ether oxygens (including phenoxy) is 1. The van der Waals surface area contributed by atoms with Crippen LogP contribution in [0.15, 0.2) is 59.7 Å². The minimum absolute atomic E-state index is 0.00645. The molecule has 0 aliphatic heterocycles. The number of hydrogen-bond donors (Lipinski definition) is 1. The van der Waals surface area contributed by atoms with E-state index in [1.807, 2.05) is 0 Å². The molecule has 3 aromatic rings. The van der Waals surface area contributed by atoms with Crippen molar-refractivity contribution in [1.82, 2.24) is 4.98 Å². The number of halogens is 2. The molecule has 158 valence electrons. The second-order valence-electron chi connectivity index (χ2n) is 6.87. The van der Waals surface area contributed by atoms with Crippen LogP contribution in [0.5, 0.6) is 5.75 Å². The van der Waals surface area contributed by atoms with Gasteiger partial charge in [-0.25, -0.2) is 18.4 Å². The molecular formula is C23H18F2N2O4. The molecule has 2 aromatic carbocycles. The number of nitrogens with zero attached hydrogens (tertiary/aromatic N) is 2. The molecule has 1 atom stereocenters. The predicted molar refractivity (Wildman–Crippen MR) is 108 cm³/mol. The van der Waals surface area contributed by atoms with Crippen molar-refractivity contribution in [1.29, 1.82) is 0 Å². The highest BCUT2D eigenvalue weighted by atomic mass is 19.1. The average molecular weight is 424 g/mol. The maximum atomic E-state index is 14.2. The Hall–Kier alpha value is -3.90. The number of carboxylic acids is 1. The van der Waals surface area contributed by atoms with Gasteiger partial charge < -0.3 is 9.84 Å². The summed E-state index contributed by atoms with van der Waals surface area (Å²) < 4.78 is 33.1. The lowest BCUT2D eigenvalue weighted by Crippen LogP contribution is -2.36. The molecule has 1 aromatic heterocycles. The van der Waals surface area contributed by atoms with Gasteiger partial charge in [-0.1, -0.05) is 18.2 Å². The minimum atomic E-state index is -2.17. The first kappa shape index (κ1) is 21.8. The maximum Gasteiger partial charge on any atom is 0.337 e. The second-order valence-corrected chi connectivity index (χ2v) is 6.87. The quantitative estimate of drug-likeness (QED) is 0.454. The summed E-state index contributed by atoms with van der Waals surface area (Å²) in [5.74, 6) is -2.33. The van der Waals surface area contributed by atoms with Gasteiger partial charge >= 0.3 is 5.97 Å². The number of benzene rings is 2. The Kier molecular flexibility index (Phi) is 6.22. The van der Waals surface area contributed by atoms with E-state index in [2.05, 4.69) is 9.98 Å². The molecule has 6 nitrogen and oxygen atoms in total. The molecule has 0 radical (unpaired) electrons. The number of hydrogen-bond acceptors (Lipinski definition) is 5. The Morgan fingerprint density at radius 1 is 1.23 bits per heavy atom. The topological polar surface area (TPSA) is 88.8 Å². The monoisotopic (exact) mass is 424 g/mol. The standard InChI is InChI=1S/C23H18F2N2O4/c1-14-9-17(24)7-8-18(14)21-20(31-2)10-16(12-26-21)23(22(29)30,27-13-28)11-15-5-3-4-6-19(15)25/h3-10,12H,11H2,1-2H3,(H,29,30)/t23-/m0/s1. The molecule has 8 heteroatoms. The van der Waals surface area contributed by atoms with Crippen molar-refractivity contribution in [2.24, 2.45) is 4.99 Å². The first-order valence-electron chi connectivity index (χ1n) is 9.19. The summed E-state index contributed by atoms with van der Waals surface area (Å²) in [6, 6.07) is 11.1. The minimum Gasteiger partial charge on any atom is -0.494 e. The number of aliphatic imine (C=N–C) groups is 1. The van der Waals surface area contributed by atoms with Gasteiger partial charge in [0.15, 0.2) is 0 Å². The number of rotatable bonds is 7. The average Bonchev–Trinajstić information content (AvgIpc) is 2.74. The largest absolute Gasteiger partial charge is 0.494 e. The third-order valence-corrected chi connectivity index (χ3v) is 4.99. The number of carbonyl (C=O) groups excluding carboxylic acids is 1. The summed E-state index contributed by atoms with van der Waals surface area (Å²) in [7, 11) is 1.37. The fourth-order valence-electron chi connectivity index (χ4n) is 3.37. The highest BCUT2D eigenvalue weighted by molar-refractivity contribution is 5.83. The molecule has 0 aliphatic carbocycles. The molecule has 0 amide bonds. The molecule has 1 heterocycles. The SMILES string of the molecule is COc1cc([C@](Cc2ccccc2F)(N=C=O)C(=O)O)cnc1-c1ccc(F)cc1C. The number of carboxylic acid groups (broad SMARTS) is 1. The van der Waals surface area contributed by atoms with E-state index in [4.69, 9.17) is 4.74 Å². The molecule has 0 unspecified atom stereocenters. The Balaban J connectivity index is 2.19. The van der Waals surface area contributed by atoms with Gasteiger partial charge in [0.2, 0.25) is 11.6 Å². The van der Waals surface area contributed by atoms with E-state index in [-0.39, 0.29) is 16.9 Å². The number of aryl methyl sites for hydroxylation is 1. The summed E-state index contributed by atoms with van der Waals surface area (Å²) in [4.78, 5) is 31.3. The van der Waals surface area contributed by atoms with Gasteiger partial charge in [0, 0.05) is 23.7 Å². The molecule has 0 spiro atoms. The van der Waals surface area contributed by atoms with E-state index < -0.39 is 29.6 Å². The van der Waals surface area contributed by atoms with E-state index in [1.54, 1.807) is 13.0 Å². The predicted octanol–water partition coefficient (Wildman–Crippen LogP) is 4.20. The third-order valence-electron chi connectivity index (χ3n) is 4.99. The van der Waals surface area contributed by atoms with Crippen LogP contribution >= 0.6 is 0 Å². The molecular weight excluding hydrogens is 406 g/mol. The van der Waals surface area contributed by atoms with Crippen LogP contribution in [0.3, 0.4) is 0 Å². The summed E-state index contributed by atoms with van der Waals surface area (Å²) in [5, 5.41) is 9.98. The van der Waals surface area contributed by atoms with Crippen molar-refractivity contribution in [3.8, 4) is 17.0 Å². The lowest BCUT2D eigenvalue weighted by atomic mass is 9.84. The van der Waals surface area contributed by atoms with Crippen molar-refractivity contribution in [3.63, 3.8) is 0 Å². The Morgan fingerprint density at radius 2 is 1.97 bits per heavy atom. The Morgan fingerprint density at radius 3 is 2.58 bits per heavy atom. The Labute approximate surface area is 176 Å². The lowest BCUT2D eigenvalue weighted by Gasteiger charge is -2.25. The van der Waals surface area contributed by atoms with Gasteiger partial charge in [0.1, 0.15) is 23.1 Å². The van der Waals surface area contributed by atoms with Gasteiger partial charge in [-0.3, -0.25) is 4.98 Å². The molecule has 3 rings (SSSR count). The van der Waals surface area contributed by atoms with Gasteiger partial charge in [0.25, 0.3) is 0 Å². The highest BCUT2D eigenvalue weighted by Gasteiger charge is 2.42. The van der Waals surface area contributed by atoms with Crippen molar-refractivity contribution in [2.75, 3.05) is 7.11 Å². The molecule has 0 bridgehead atoms. The number of aliphatic carboxylic acids is 1. The molecule has 0 fully saturated rings. The maximum absolute atomic E-state index is 14.2. The number of methoxy groups -OCH3 is 1. The molecule has 0 saturated heterocycles. The van der Waals surface area contributed by atoms with Crippen LogP contribution in [0.25, 0.3) is 11.3 Å². The van der Waals surface area contributed by atoms with Crippen molar-refractivity contribution in [3.05, 3.63) is 83.1 Å². The first-order chi connectivity index (χ1) is 14.8. The number of isocyanates is 1. The van der Waals surface area contributed by atoms with Crippen LogP contribution < -0.4 is 4.74 Å². The van der Waals surface area contributed by atoms with E-state index >= 15 is 0 Å². The highest BCUT2D eigenvalue weighted by Crippen LogP contribution is 2.37. The number of pyridine rings is 1. The van der Waals surface area contributed by atoms with Crippen LogP contribution in [0, 0.1) is 18.6 Å². The zero-order valence-corrected chi connectivity index (χ0v) is 16.7. The zero-order chi connectivity index (χ0) is 22.6. The van der Waals surface area contributed by atoms with Crippen molar-refractivity contribution < 1.29 is 28.2 Å². The molecule has 1 N–H and O–H groups in total. The van der Waals surface area contributed by atoms with Crippen LogP contribution in [-0.2, 0) is 21.5 Å². The fraction of sp³-hybridized carbons (Fsp3) is 0.174. The van der Waals surface area contributed by atoms with Crippen LogP contribution in [0.4, 0.5) is 8.78 Å². The molecule has 0 saturated carbocycles. The van der Waals surface area contributed by atoms with E-state index in [0.29, 0.717) is 16.8 Å². The number of aromatic nitrogens is 1. The fourth-order valence-corrected chi connectivity index (χ4v) is 3.37. The van der Waals surface area contributed by atoms with E-state index in [9.17, 15) is 23.5 Å². The smallest absolute Gasteiger partial charge is 0.337 e. The second kappa shape index (κ2) is 8.85. The summed E-state index contributed by atoms with van der Waals surface area (Å²) in [5.41, 5.74) is -0.572. The lowest BCUT2D eigenvalue weighted by molar-refractivity contribution is -0.143. The van der Waals surface area contributed by atoms with Gasteiger partial charge in [0.05, 0.1) is 7.11 Å². The zero-order valence-electron chi connectivity index (χ0n) is 16.7. The summed E-state index contributed by atoms with van der Waals surface area (Å²) in [6.07, 6.45) is 2.08. The van der Waals surface area contributed by atoms with Crippen LogP contribution in [-0.4, -0.2) is 29.2 Å². The number of carbonyl (C=O) groups is 1. The molecule has 0 aliphatic rings. The summed E-state index contributed by atoms with van der Waals surface area (Å²) >= 11 is 0. The van der Waals surface area contributed by atoms with E-state index in [0.717, 1.165) is 0 Å². The van der Waals surface area contributed by atoms with Gasteiger partial charge in [-0.15, -0.1) is 0 Å². The molecule has 31 heavy (non-hydrogen) atoms. The summed E-state index contributed by atoms with van der Waals surface area (Å²) in [6.45, 7) is 1.70. The van der Waals surface area contributed by atoms with Gasteiger partial charge in [-0.2, -0.15) is 4.99 Å². The normalized spacial score (nSPS) is 12.5. The van der Waals surface area contributed by atoms with Crippen molar-refractivity contribution >= 4 is 12.0 Å².